The molecule has 2 amide bonds. The molecule has 19 heavy (non-hydrogen) atoms. The topological polar surface area (TPSA) is 50.4 Å². The van der Waals surface area contributed by atoms with Crippen molar-refractivity contribution in [3.05, 3.63) is 45.1 Å². The minimum Gasteiger partial charge on any atom is -0.497 e. The van der Waals surface area contributed by atoms with E-state index in [0.29, 0.717) is 6.54 Å². The van der Waals surface area contributed by atoms with Crippen LogP contribution < -0.4 is 15.4 Å². The molecule has 0 aliphatic rings. The molecule has 0 unspecified atom stereocenters. The molecule has 2 rings (SSSR count). The van der Waals surface area contributed by atoms with Crippen LogP contribution in [0.1, 0.15) is 4.88 Å². The summed E-state index contributed by atoms with van der Waals surface area (Å²) in [4.78, 5) is 12.8. The predicted octanol–water partition coefficient (Wildman–Crippen LogP) is 3.84. The van der Waals surface area contributed by atoms with Crippen LogP contribution in [0.4, 0.5) is 10.5 Å². The largest absolute Gasteiger partial charge is 0.497 e. The van der Waals surface area contributed by atoms with Crippen LogP contribution in [0.2, 0.25) is 0 Å². The van der Waals surface area contributed by atoms with E-state index in [1.807, 2.05) is 12.1 Å². The SMILES string of the molecule is COc1ccc(NC(=O)NCc2ccc(Br)s2)cc1. The van der Waals surface area contributed by atoms with Gasteiger partial charge in [0.1, 0.15) is 5.75 Å². The highest BCUT2D eigenvalue weighted by Crippen LogP contribution is 2.21. The predicted molar refractivity (Wildman–Crippen MR) is 80.9 cm³/mol. The number of amides is 2. The van der Waals surface area contributed by atoms with Crippen molar-refractivity contribution >= 4 is 39.0 Å². The summed E-state index contributed by atoms with van der Waals surface area (Å²) in [6.07, 6.45) is 0. The Labute approximate surface area is 123 Å². The summed E-state index contributed by atoms with van der Waals surface area (Å²) in [5.41, 5.74) is 0.727. The Morgan fingerprint density at radius 1 is 1.26 bits per heavy atom. The monoisotopic (exact) mass is 340 g/mol. The molecule has 0 saturated carbocycles. The lowest BCUT2D eigenvalue weighted by molar-refractivity contribution is 0.252. The number of nitrogens with one attached hydrogen (secondary N) is 2. The number of carbonyl (C=O) groups excluding carboxylic acids is 1. The number of thiophene rings is 1. The Hall–Kier alpha value is -1.53. The number of rotatable bonds is 4. The molecule has 0 spiro atoms. The molecule has 1 aromatic heterocycles. The third-order valence-corrected chi connectivity index (χ3v) is 4.02. The summed E-state index contributed by atoms with van der Waals surface area (Å²) < 4.78 is 6.11. The number of methoxy groups -OCH3 is 1. The third kappa shape index (κ3) is 4.25. The Kier molecular flexibility index (Phi) is 4.81. The van der Waals surface area contributed by atoms with Crippen molar-refractivity contribution < 1.29 is 9.53 Å². The van der Waals surface area contributed by atoms with Crippen molar-refractivity contribution in [1.29, 1.82) is 0 Å². The van der Waals surface area contributed by atoms with E-state index < -0.39 is 0 Å². The number of benzene rings is 1. The zero-order valence-corrected chi connectivity index (χ0v) is 12.7. The van der Waals surface area contributed by atoms with Gasteiger partial charge < -0.3 is 15.4 Å². The summed E-state index contributed by atoms with van der Waals surface area (Å²) in [7, 11) is 1.61. The first-order chi connectivity index (χ1) is 9.17. The molecule has 0 aliphatic carbocycles. The summed E-state index contributed by atoms with van der Waals surface area (Å²) in [5, 5.41) is 5.56. The minimum absolute atomic E-state index is 0.227. The van der Waals surface area contributed by atoms with Crippen molar-refractivity contribution in [1.82, 2.24) is 5.32 Å². The van der Waals surface area contributed by atoms with Gasteiger partial charge in [0.15, 0.2) is 0 Å². The van der Waals surface area contributed by atoms with Gasteiger partial charge in [-0.2, -0.15) is 0 Å². The van der Waals surface area contributed by atoms with Crippen molar-refractivity contribution in [2.24, 2.45) is 0 Å². The number of hydrogen-bond donors (Lipinski definition) is 2. The van der Waals surface area contributed by atoms with E-state index in [-0.39, 0.29) is 6.03 Å². The van der Waals surface area contributed by atoms with E-state index in [9.17, 15) is 4.79 Å². The molecular formula is C13H13BrN2O2S. The molecular weight excluding hydrogens is 328 g/mol. The van der Waals surface area contributed by atoms with E-state index in [1.54, 1.807) is 42.7 Å². The fourth-order valence-electron chi connectivity index (χ4n) is 1.46. The lowest BCUT2D eigenvalue weighted by atomic mass is 10.3. The molecule has 2 aromatic rings. The third-order valence-electron chi connectivity index (χ3n) is 2.40. The Morgan fingerprint density at radius 2 is 2.00 bits per heavy atom. The van der Waals surface area contributed by atoms with Gasteiger partial charge >= 0.3 is 6.03 Å². The summed E-state index contributed by atoms with van der Waals surface area (Å²) in [5.74, 6) is 0.759. The standard InChI is InChI=1S/C13H13BrN2O2S/c1-18-10-4-2-9(3-5-10)16-13(17)15-8-11-6-7-12(14)19-11/h2-7H,8H2,1H3,(H2,15,16,17). The molecule has 0 aliphatic heterocycles. The first kappa shape index (κ1) is 13.9. The Morgan fingerprint density at radius 3 is 2.58 bits per heavy atom. The molecule has 1 heterocycles. The zero-order valence-electron chi connectivity index (χ0n) is 10.3. The number of hydrogen-bond acceptors (Lipinski definition) is 3. The van der Waals surface area contributed by atoms with E-state index >= 15 is 0 Å². The van der Waals surface area contributed by atoms with Crippen LogP contribution in [0.15, 0.2) is 40.2 Å². The van der Waals surface area contributed by atoms with Gasteiger partial charge in [-0.05, 0) is 52.3 Å². The first-order valence-electron chi connectivity index (χ1n) is 5.60. The quantitative estimate of drug-likeness (QED) is 0.888. The van der Waals surface area contributed by atoms with Crippen LogP contribution in [-0.2, 0) is 6.54 Å². The van der Waals surface area contributed by atoms with Crippen LogP contribution in [0.3, 0.4) is 0 Å². The van der Waals surface area contributed by atoms with Gasteiger partial charge in [-0.3, -0.25) is 0 Å². The molecule has 0 radical (unpaired) electrons. The van der Waals surface area contributed by atoms with Gasteiger partial charge in [0, 0.05) is 10.6 Å². The van der Waals surface area contributed by atoms with Gasteiger partial charge in [0.25, 0.3) is 0 Å². The average Bonchev–Trinajstić information content (AvgIpc) is 2.83. The second kappa shape index (κ2) is 6.58. The zero-order chi connectivity index (χ0) is 13.7. The van der Waals surface area contributed by atoms with E-state index in [4.69, 9.17) is 4.74 Å². The second-order valence-electron chi connectivity index (χ2n) is 3.74. The summed E-state index contributed by atoms with van der Waals surface area (Å²) in [6, 6.07) is 10.9. The maximum Gasteiger partial charge on any atom is 0.319 e. The van der Waals surface area contributed by atoms with Crippen LogP contribution in [0.5, 0.6) is 5.75 Å². The number of halogens is 1. The maximum atomic E-state index is 11.7. The summed E-state index contributed by atoms with van der Waals surface area (Å²) in [6.45, 7) is 0.512. The van der Waals surface area contributed by atoms with Gasteiger partial charge in [0.05, 0.1) is 17.4 Å². The van der Waals surface area contributed by atoms with Gasteiger partial charge in [-0.1, -0.05) is 0 Å². The molecule has 0 fully saturated rings. The minimum atomic E-state index is -0.227. The highest BCUT2D eigenvalue weighted by Gasteiger charge is 2.03. The highest BCUT2D eigenvalue weighted by molar-refractivity contribution is 9.11. The number of ether oxygens (including phenoxy) is 1. The number of urea groups is 1. The lowest BCUT2D eigenvalue weighted by Crippen LogP contribution is -2.27. The van der Waals surface area contributed by atoms with Gasteiger partial charge in [-0.15, -0.1) is 11.3 Å². The van der Waals surface area contributed by atoms with Crippen molar-refractivity contribution in [3.63, 3.8) is 0 Å². The van der Waals surface area contributed by atoms with Crippen LogP contribution in [-0.4, -0.2) is 13.1 Å². The normalized spacial score (nSPS) is 10.0. The van der Waals surface area contributed by atoms with Crippen LogP contribution >= 0.6 is 27.3 Å². The fourth-order valence-corrected chi connectivity index (χ4v) is 2.89. The van der Waals surface area contributed by atoms with Crippen molar-refractivity contribution in [3.8, 4) is 5.75 Å². The Bertz CT molecular complexity index is 554. The molecule has 0 bridgehead atoms. The highest BCUT2D eigenvalue weighted by atomic mass is 79.9. The average molecular weight is 341 g/mol. The van der Waals surface area contributed by atoms with Crippen molar-refractivity contribution in [2.75, 3.05) is 12.4 Å². The Balaban J connectivity index is 1.83. The summed E-state index contributed by atoms with van der Waals surface area (Å²) >= 11 is 4.98. The maximum absolute atomic E-state index is 11.7. The molecule has 0 atom stereocenters. The van der Waals surface area contributed by atoms with Crippen LogP contribution in [0.25, 0.3) is 0 Å². The van der Waals surface area contributed by atoms with Crippen molar-refractivity contribution in [2.45, 2.75) is 6.54 Å². The molecule has 0 saturated heterocycles. The second-order valence-corrected chi connectivity index (χ2v) is 6.29. The van der Waals surface area contributed by atoms with Crippen LogP contribution in [0, 0.1) is 0 Å². The van der Waals surface area contributed by atoms with E-state index in [0.717, 1.165) is 20.1 Å². The molecule has 1 aromatic carbocycles. The van der Waals surface area contributed by atoms with Gasteiger partial charge in [-0.25, -0.2) is 4.79 Å². The molecule has 2 N–H and O–H groups in total. The molecule has 4 nitrogen and oxygen atoms in total. The van der Waals surface area contributed by atoms with E-state index in [1.165, 1.54) is 0 Å². The molecule has 6 heteroatoms. The number of carbonyl (C=O) groups is 1. The number of anilines is 1. The van der Waals surface area contributed by atoms with Gasteiger partial charge in [0.2, 0.25) is 0 Å². The first-order valence-corrected chi connectivity index (χ1v) is 7.21. The molecule has 100 valence electrons. The van der Waals surface area contributed by atoms with E-state index in [2.05, 4.69) is 26.6 Å². The lowest BCUT2D eigenvalue weighted by Gasteiger charge is -2.07. The smallest absolute Gasteiger partial charge is 0.319 e. The fraction of sp³-hybridized carbons (Fsp3) is 0.154.